The molecule has 0 aliphatic carbocycles. The van der Waals surface area contributed by atoms with Crippen LogP contribution in [-0.4, -0.2) is 5.96 Å². The molecule has 1 aromatic rings. The summed E-state index contributed by atoms with van der Waals surface area (Å²) >= 11 is 1.68. The molecule has 1 unspecified atom stereocenters. The van der Waals surface area contributed by atoms with Crippen LogP contribution in [0.3, 0.4) is 0 Å². The second kappa shape index (κ2) is 4.28. The van der Waals surface area contributed by atoms with Crippen LogP contribution in [0.1, 0.15) is 24.8 Å². The minimum atomic E-state index is 0.102. The first-order chi connectivity index (χ1) is 6.11. The maximum absolute atomic E-state index is 5.37. The van der Waals surface area contributed by atoms with E-state index in [0.717, 1.165) is 0 Å². The Balaban J connectivity index is 2.87. The predicted octanol–water partition coefficient (Wildman–Crippen LogP) is 1.72. The second-order valence-electron chi connectivity index (χ2n) is 3.26. The largest absolute Gasteiger partial charge is 0.370 e. The topological polar surface area (TPSA) is 64.4 Å². The third kappa shape index (κ3) is 2.73. The van der Waals surface area contributed by atoms with E-state index in [4.69, 9.17) is 11.5 Å². The van der Waals surface area contributed by atoms with E-state index in [0.29, 0.717) is 5.92 Å². The lowest BCUT2D eigenvalue weighted by molar-refractivity contribution is 0.523. The number of rotatable bonds is 3. The molecule has 0 saturated carbocycles. The summed E-state index contributed by atoms with van der Waals surface area (Å²) in [6.07, 6.45) is 0. The van der Waals surface area contributed by atoms with Crippen LogP contribution in [0, 0.1) is 5.92 Å². The van der Waals surface area contributed by atoms with Gasteiger partial charge in [0.2, 0.25) is 0 Å². The van der Waals surface area contributed by atoms with E-state index in [1.165, 1.54) is 4.88 Å². The Bertz CT molecular complexity index is 273. The second-order valence-corrected chi connectivity index (χ2v) is 4.24. The lowest BCUT2D eigenvalue weighted by atomic mass is 10.0. The molecule has 3 nitrogen and oxygen atoms in total. The van der Waals surface area contributed by atoms with Crippen LogP contribution in [0.15, 0.2) is 22.5 Å². The lowest BCUT2D eigenvalue weighted by Gasteiger charge is -2.14. The summed E-state index contributed by atoms with van der Waals surface area (Å²) in [6.45, 7) is 4.22. The Hall–Kier alpha value is -1.03. The molecule has 72 valence electrons. The first-order valence-electron chi connectivity index (χ1n) is 4.23. The van der Waals surface area contributed by atoms with Gasteiger partial charge in [-0.05, 0) is 17.4 Å². The highest BCUT2D eigenvalue weighted by atomic mass is 32.1. The van der Waals surface area contributed by atoms with E-state index in [1.807, 2.05) is 11.4 Å². The van der Waals surface area contributed by atoms with Crippen LogP contribution in [-0.2, 0) is 0 Å². The summed E-state index contributed by atoms with van der Waals surface area (Å²) < 4.78 is 0. The van der Waals surface area contributed by atoms with E-state index in [9.17, 15) is 0 Å². The molecular weight excluding hydrogens is 182 g/mol. The van der Waals surface area contributed by atoms with Crippen molar-refractivity contribution in [3.8, 4) is 0 Å². The van der Waals surface area contributed by atoms with Gasteiger partial charge < -0.3 is 11.5 Å². The van der Waals surface area contributed by atoms with Crippen molar-refractivity contribution in [1.82, 2.24) is 0 Å². The lowest BCUT2D eigenvalue weighted by Crippen LogP contribution is -2.24. The van der Waals surface area contributed by atoms with Gasteiger partial charge in [-0.25, -0.2) is 4.99 Å². The van der Waals surface area contributed by atoms with Crippen LogP contribution in [0.25, 0.3) is 0 Å². The van der Waals surface area contributed by atoms with Gasteiger partial charge in [0, 0.05) is 4.88 Å². The number of aliphatic imine (C=N–C) groups is 1. The number of thiophene rings is 1. The molecule has 13 heavy (non-hydrogen) atoms. The maximum Gasteiger partial charge on any atom is 0.186 e. The quantitative estimate of drug-likeness (QED) is 0.572. The van der Waals surface area contributed by atoms with Crippen molar-refractivity contribution in [2.45, 2.75) is 19.9 Å². The predicted molar refractivity (Wildman–Crippen MR) is 57.7 cm³/mol. The molecule has 0 spiro atoms. The monoisotopic (exact) mass is 197 g/mol. The Labute approximate surface area is 82.5 Å². The Morgan fingerprint density at radius 1 is 1.46 bits per heavy atom. The fourth-order valence-electron chi connectivity index (χ4n) is 1.16. The van der Waals surface area contributed by atoms with Crippen LogP contribution < -0.4 is 11.5 Å². The minimum Gasteiger partial charge on any atom is -0.370 e. The molecule has 0 amide bonds. The van der Waals surface area contributed by atoms with Crippen molar-refractivity contribution < 1.29 is 0 Å². The van der Waals surface area contributed by atoms with Crippen molar-refractivity contribution in [1.29, 1.82) is 0 Å². The molecule has 1 aromatic heterocycles. The molecule has 0 aliphatic rings. The number of hydrogen-bond donors (Lipinski definition) is 2. The fraction of sp³-hybridized carbons (Fsp3) is 0.444. The van der Waals surface area contributed by atoms with E-state index in [2.05, 4.69) is 24.9 Å². The summed E-state index contributed by atoms with van der Waals surface area (Å²) in [7, 11) is 0. The SMILES string of the molecule is CC(C)C(N=C(N)N)c1cccs1. The van der Waals surface area contributed by atoms with Crippen molar-refractivity contribution in [3.05, 3.63) is 22.4 Å². The molecule has 4 N–H and O–H groups in total. The molecule has 1 atom stereocenters. The fourth-order valence-corrected chi connectivity index (χ4v) is 2.10. The zero-order valence-corrected chi connectivity index (χ0v) is 8.71. The zero-order valence-electron chi connectivity index (χ0n) is 7.90. The average Bonchev–Trinajstić information content (AvgIpc) is 2.50. The maximum atomic E-state index is 5.37. The molecular formula is C9H15N3S. The first-order valence-corrected chi connectivity index (χ1v) is 5.11. The number of hydrogen-bond acceptors (Lipinski definition) is 2. The molecule has 0 bridgehead atoms. The van der Waals surface area contributed by atoms with Crippen molar-refractivity contribution in [2.24, 2.45) is 22.4 Å². The summed E-state index contributed by atoms with van der Waals surface area (Å²) in [4.78, 5) is 5.41. The van der Waals surface area contributed by atoms with Crippen molar-refractivity contribution >= 4 is 17.3 Å². The van der Waals surface area contributed by atoms with Gasteiger partial charge in [-0.3, -0.25) is 0 Å². The zero-order chi connectivity index (χ0) is 9.84. The van der Waals surface area contributed by atoms with E-state index >= 15 is 0 Å². The van der Waals surface area contributed by atoms with Crippen LogP contribution in [0.5, 0.6) is 0 Å². The molecule has 4 heteroatoms. The number of nitrogens with zero attached hydrogens (tertiary/aromatic N) is 1. The number of nitrogens with two attached hydrogens (primary N) is 2. The minimum absolute atomic E-state index is 0.102. The highest BCUT2D eigenvalue weighted by molar-refractivity contribution is 7.10. The highest BCUT2D eigenvalue weighted by Gasteiger charge is 2.15. The van der Waals surface area contributed by atoms with Gasteiger partial charge in [-0.15, -0.1) is 11.3 Å². The van der Waals surface area contributed by atoms with E-state index < -0.39 is 0 Å². The number of guanidine groups is 1. The smallest absolute Gasteiger partial charge is 0.186 e. The molecule has 0 radical (unpaired) electrons. The van der Waals surface area contributed by atoms with Gasteiger partial charge in [0.1, 0.15) is 0 Å². The van der Waals surface area contributed by atoms with Gasteiger partial charge in [-0.1, -0.05) is 19.9 Å². The average molecular weight is 197 g/mol. The summed E-state index contributed by atoms with van der Waals surface area (Å²) in [5.41, 5.74) is 10.7. The third-order valence-electron chi connectivity index (χ3n) is 1.75. The van der Waals surface area contributed by atoms with Gasteiger partial charge >= 0.3 is 0 Å². The van der Waals surface area contributed by atoms with Gasteiger partial charge in [0.15, 0.2) is 5.96 Å². The molecule has 1 rings (SSSR count). The van der Waals surface area contributed by atoms with Crippen LogP contribution in [0.4, 0.5) is 0 Å². The van der Waals surface area contributed by atoms with Crippen molar-refractivity contribution in [3.63, 3.8) is 0 Å². The van der Waals surface area contributed by atoms with Crippen LogP contribution >= 0.6 is 11.3 Å². The molecule has 0 saturated heterocycles. The molecule has 0 fully saturated rings. The summed E-state index contributed by atoms with van der Waals surface area (Å²) in [5.74, 6) is 0.577. The molecule has 1 heterocycles. The standard InChI is InChI=1S/C9H15N3S/c1-6(2)8(12-9(10)11)7-4-3-5-13-7/h3-6,8H,1-2H3,(H4,10,11,12). The van der Waals surface area contributed by atoms with Crippen LogP contribution in [0.2, 0.25) is 0 Å². The Morgan fingerprint density at radius 2 is 2.15 bits per heavy atom. The molecule has 0 aliphatic heterocycles. The Kier molecular flexibility index (Phi) is 3.31. The van der Waals surface area contributed by atoms with Gasteiger partial charge in [0.05, 0.1) is 6.04 Å². The van der Waals surface area contributed by atoms with Gasteiger partial charge in [0.25, 0.3) is 0 Å². The van der Waals surface area contributed by atoms with Crippen molar-refractivity contribution in [2.75, 3.05) is 0 Å². The highest BCUT2D eigenvalue weighted by Crippen LogP contribution is 2.28. The van der Waals surface area contributed by atoms with E-state index in [-0.39, 0.29) is 12.0 Å². The Morgan fingerprint density at radius 3 is 2.54 bits per heavy atom. The van der Waals surface area contributed by atoms with E-state index in [1.54, 1.807) is 11.3 Å². The first kappa shape index (κ1) is 10.1. The summed E-state index contributed by atoms with van der Waals surface area (Å²) in [6, 6.07) is 4.17. The van der Waals surface area contributed by atoms with Gasteiger partial charge in [-0.2, -0.15) is 0 Å². The summed E-state index contributed by atoms with van der Waals surface area (Å²) in [5, 5.41) is 2.03. The third-order valence-corrected chi connectivity index (χ3v) is 2.70. The normalized spacial score (nSPS) is 12.8. The molecule has 0 aromatic carbocycles.